The van der Waals surface area contributed by atoms with Crippen molar-refractivity contribution in [3.05, 3.63) is 53.6 Å². The van der Waals surface area contributed by atoms with Crippen molar-refractivity contribution in [3.63, 3.8) is 0 Å². The Kier molecular flexibility index (Phi) is 5.76. The monoisotopic (exact) mass is 402 g/mol. The van der Waals surface area contributed by atoms with Crippen LogP contribution in [0, 0.1) is 0 Å². The molecule has 0 saturated carbocycles. The number of methoxy groups -OCH3 is 1. The topological polar surface area (TPSA) is 66.9 Å². The number of hydrogen-bond donors (Lipinski definition) is 0. The van der Waals surface area contributed by atoms with E-state index in [0.29, 0.717) is 19.4 Å². The number of benzene rings is 2. The SMILES string of the molecule is COc1ccccc1CCN(C)S(=O)(=O)c1ccc2c(c1)CC(C)N2C(C)=O. The van der Waals surface area contributed by atoms with Gasteiger partial charge in [0.1, 0.15) is 5.75 Å². The van der Waals surface area contributed by atoms with Gasteiger partial charge in [-0.15, -0.1) is 0 Å². The van der Waals surface area contributed by atoms with E-state index in [9.17, 15) is 13.2 Å². The zero-order chi connectivity index (χ0) is 20.5. The van der Waals surface area contributed by atoms with Gasteiger partial charge in [-0.05, 0) is 55.2 Å². The molecule has 2 aromatic carbocycles. The average Bonchev–Trinajstić information content (AvgIpc) is 3.01. The van der Waals surface area contributed by atoms with Gasteiger partial charge < -0.3 is 9.64 Å². The second-order valence-corrected chi connectivity index (χ2v) is 9.17. The van der Waals surface area contributed by atoms with Crippen molar-refractivity contribution >= 4 is 21.6 Å². The molecule has 2 aromatic rings. The van der Waals surface area contributed by atoms with Crippen LogP contribution < -0.4 is 9.64 Å². The first kappa shape index (κ1) is 20.4. The fraction of sp³-hybridized carbons (Fsp3) is 0.381. The van der Waals surface area contributed by atoms with Gasteiger partial charge >= 0.3 is 0 Å². The Morgan fingerprint density at radius 3 is 2.64 bits per heavy atom. The highest BCUT2D eigenvalue weighted by atomic mass is 32.2. The molecule has 1 atom stereocenters. The summed E-state index contributed by atoms with van der Waals surface area (Å²) in [6.07, 6.45) is 1.21. The first-order chi connectivity index (χ1) is 13.3. The molecule has 0 fully saturated rings. The van der Waals surface area contributed by atoms with Crippen molar-refractivity contribution in [1.82, 2.24) is 4.31 Å². The normalized spacial score (nSPS) is 16.3. The summed E-state index contributed by atoms with van der Waals surface area (Å²) in [6, 6.07) is 12.7. The number of nitrogens with zero attached hydrogens (tertiary/aromatic N) is 2. The number of amides is 1. The average molecular weight is 403 g/mol. The van der Waals surface area contributed by atoms with E-state index in [1.54, 1.807) is 37.3 Å². The molecule has 6 nitrogen and oxygen atoms in total. The summed E-state index contributed by atoms with van der Waals surface area (Å²) >= 11 is 0. The molecule has 1 heterocycles. The van der Waals surface area contributed by atoms with Crippen LogP contribution in [0.3, 0.4) is 0 Å². The maximum absolute atomic E-state index is 13.0. The highest BCUT2D eigenvalue weighted by Gasteiger charge is 2.31. The number of ether oxygens (including phenoxy) is 1. The van der Waals surface area contributed by atoms with Gasteiger partial charge in [0.25, 0.3) is 0 Å². The Labute approximate surface area is 166 Å². The maximum atomic E-state index is 13.0. The lowest BCUT2D eigenvalue weighted by Crippen LogP contribution is -2.33. The molecule has 28 heavy (non-hydrogen) atoms. The standard InChI is InChI=1S/C21H26N2O4S/c1-15-13-18-14-19(9-10-20(18)23(15)16(2)24)28(25,26)22(3)12-11-17-7-5-6-8-21(17)27-4/h5-10,14-15H,11-13H2,1-4H3. The molecule has 0 radical (unpaired) electrons. The number of para-hydroxylation sites is 1. The summed E-state index contributed by atoms with van der Waals surface area (Å²) in [5.41, 5.74) is 2.66. The molecule has 7 heteroatoms. The van der Waals surface area contributed by atoms with Gasteiger partial charge in [0.15, 0.2) is 0 Å². The Morgan fingerprint density at radius 2 is 1.96 bits per heavy atom. The molecule has 0 bridgehead atoms. The minimum Gasteiger partial charge on any atom is -0.496 e. The molecule has 3 rings (SSSR count). The van der Waals surface area contributed by atoms with Gasteiger partial charge in [-0.3, -0.25) is 4.79 Å². The van der Waals surface area contributed by atoms with Crippen molar-refractivity contribution in [2.24, 2.45) is 0 Å². The van der Waals surface area contributed by atoms with E-state index >= 15 is 0 Å². The molecule has 0 aromatic heterocycles. The quantitative estimate of drug-likeness (QED) is 0.745. The van der Waals surface area contributed by atoms with Crippen LogP contribution in [0.5, 0.6) is 5.75 Å². The first-order valence-corrected chi connectivity index (χ1v) is 10.7. The third-order valence-corrected chi connectivity index (χ3v) is 7.06. The van der Waals surface area contributed by atoms with Gasteiger partial charge in [0.05, 0.1) is 12.0 Å². The fourth-order valence-corrected chi connectivity index (χ4v) is 4.96. The van der Waals surface area contributed by atoms with E-state index in [4.69, 9.17) is 4.74 Å². The van der Waals surface area contributed by atoms with Crippen LogP contribution in [-0.4, -0.2) is 45.4 Å². The molecule has 1 amide bonds. The summed E-state index contributed by atoms with van der Waals surface area (Å²) in [4.78, 5) is 13.8. The van der Waals surface area contributed by atoms with Gasteiger partial charge in [-0.2, -0.15) is 0 Å². The lowest BCUT2D eigenvalue weighted by Gasteiger charge is -2.21. The zero-order valence-electron chi connectivity index (χ0n) is 16.7. The molecule has 1 aliphatic heterocycles. The molecule has 1 unspecified atom stereocenters. The Bertz CT molecular complexity index is 988. The molecular formula is C21H26N2O4S. The van der Waals surface area contributed by atoms with E-state index in [2.05, 4.69) is 0 Å². The van der Waals surface area contributed by atoms with E-state index in [1.807, 2.05) is 31.2 Å². The van der Waals surface area contributed by atoms with Gasteiger partial charge in [-0.25, -0.2) is 12.7 Å². The molecule has 1 aliphatic rings. The third kappa shape index (κ3) is 3.77. The number of rotatable bonds is 6. The minimum absolute atomic E-state index is 0.0317. The molecule has 0 aliphatic carbocycles. The van der Waals surface area contributed by atoms with E-state index in [1.165, 1.54) is 11.2 Å². The molecule has 0 N–H and O–H groups in total. The third-order valence-electron chi connectivity index (χ3n) is 5.20. The van der Waals surface area contributed by atoms with Gasteiger partial charge in [0.2, 0.25) is 15.9 Å². The zero-order valence-corrected chi connectivity index (χ0v) is 17.5. The van der Waals surface area contributed by atoms with E-state index in [0.717, 1.165) is 22.6 Å². The largest absolute Gasteiger partial charge is 0.496 e. The van der Waals surface area contributed by atoms with Crippen LogP contribution in [0.15, 0.2) is 47.4 Å². The molecule has 0 saturated heterocycles. The van der Waals surface area contributed by atoms with E-state index in [-0.39, 0.29) is 16.8 Å². The summed E-state index contributed by atoms with van der Waals surface area (Å²) in [5, 5.41) is 0. The maximum Gasteiger partial charge on any atom is 0.242 e. The minimum atomic E-state index is -3.62. The number of anilines is 1. The number of fused-ring (bicyclic) bond motifs is 1. The predicted molar refractivity (Wildman–Crippen MR) is 109 cm³/mol. The van der Waals surface area contributed by atoms with Crippen molar-refractivity contribution in [1.29, 1.82) is 0 Å². The Hall–Kier alpha value is -2.38. The van der Waals surface area contributed by atoms with Gasteiger partial charge in [-0.1, -0.05) is 18.2 Å². The number of hydrogen-bond acceptors (Lipinski definition) is 4. The van der Waals surface area contributed by atoms with E-state index < -0.39 is 10.0 Å². The molecular weight excluding hydrogens is 376 g/mol. The summed E-state index contributed by atoms with van der Waals surface area (Å²) in [7, 11) is -0.424. The first-order valence-electron chi connectivity index (χ1n) is 9.26. The number of likely N-dealkylation sites (N-methyl/N-ethyl adjacent to an activating group) is 1. The Balaban J connectivity index is 1.79. The lowest BCUT2D eigenvalue weighted by atomic mass is 10.1. The number of carbonyl (C=O) groups is 1. The number of sulfonamides is 1. The second kappa shape index (κ2) is 7.93. The molecule has 150 valence electrons. The van der Waals surface area contributed by atoms with Crippen molar-refractivity contribution in [3.8, 4) is 5.75 Å². The second-order valence-electron chi connectivity index (χ2n) is 7.12. The molecule has 0 spiro atoms. The van der Waals surface area contributed by atoms with Crippen molar-refractivity contribution in [2.45, 2.75) is 37.6 Å². The summed E-state index contributed by atoms with van der Waals surface area (Å²) in [6.45, 7) is 3.84. The summed E-state index contributed by atoms with van der Waals surface area (Å²) < 4.78 is 32.7. The fourth-order valence-electron chi connectivity index (χ4n) is 3.74. The van der Waals surface area contributed by atoms with Crippen LogP contribution in [0.1, 0.15) is 25.0 Å². The van der Waals surface area contributed by atoms with Crippen LogP contribution in [0.2, 0.25) is 0 Å². The van der Waals surface area contributed by atoms with Crippen molar-refractivity contribution in [2.75, 3.05) is 25.6 Å². The van der Waals surface area contributed by atoms with Crippen LogP contribution >= 0.6 is 0 Å². The highest BCUT2D eigenvalue weighted by molar-refractivity contribution is 7.89. The van der Waals surface area contributed by atoms with Crippen LogP contribution in [0.4, 0.5) is 5.69 Å². The van der Waals surface area contributed by atoms with Crippen molar-refractivity contribution < 1.29 is 17.9 Å². The lowest BCUT2D eigenvalue weighted by molar-refractivity contribution is -0.116. The van der Waals surface area contributed by atoms with Crippen LogP contribution in [-0.2, 0) is 27.7 Å². The highest BCUT2D eigenvalue weighted by Crippen LogP contribution is 2.34. The Morgan fingerprint density at radius 1 is 1.25 bits per heavy atom. The smallest absolute Gasteiger partial charge is 0.242 e. The summed E-state index contributed by atoms with van der Waals surface area (Å²) in [5.74, 6) is 0.722. The van der Waals surface area contributed by atoms with Crippen LogP contribution in [0.25, 0.3) is 0 Å². The van der Waals surface area contributed by atoms with Gasteiger partial charge in [0, 0.05) is 32.2 Å². The predicted octanol–water partition coefficient (Wildman–Crippen LogP) is 2.86. The number of carbonyl (C=O) groups excluding carboxylic acids is 1.